The van der Waals surface area contributed by atoms with Crippen molar-refractivity contribution in [2.24, 2.45) is 35.5 Å². The van der Waals surface area contributed by atoms with Crippen LogP contribution in [0.2, 0.25) is 0 Å². The van der Waals surface area contributed by atoms with Gasteiger partial charge in [0.1, 0.15) is 11.5 Å². The Labute approximate surface area is 376 Å². The number of ether oxygens (including phenoxy) is 7. The van der Waals surface area contributed by atoms with E-state index in [9.17, 15) is 14.7 Å². The van der Waals surface area contributed by atoms with Crippen LogP contribution in [0, 0.1) is 49.4 Å². The minimum atomic E-state index is -0.223. The van der Waals surface area contributed by atoms with Crippen LogP contribution in [-0.2, 0) is 68.4 Å². The number of carbonyl (C=O) groups is 2. The summed E-state index contributed by atoms with van der Waals surface area (Å²) in [5.74, 6) is 1.29. The third-order valence-corrected chi connectivity index (χ3v) is 13.6. The van der Waals surface area contributed by atoms with Crippen LogP contribution >= 0.6 is 36.0 Å². The smallest absolute Gasteiger partial charge is 0.357 e. The molecule has 0 bridgehead atoms. The van der Waals surface area contributed by atoms with E-state index in [2.05, 4.69) is 82.8 Å². The predicted octanol–water partition coefficient (Wildman–Crippen LogP) is 9.52. The number of thiocarbonyl (C=S) groups is 2. The highest BCUT2D eigenvalue weighted by molar-refractivity contribution is 7.82. The average Bonchev–Trinajstić information content (AvgIpc) is 4.12. The molecule has 4 aliphatic carbocycles. The SMILES string of the molecule is CCc1cc(C)cc(CC)c1C1=C(O)C2CC(C3OCCO3)CC2C1=O.CCc1cc(C)cc(CC)c1C1=C(OC(=S)OC)C2CC(C3OCCO3)CC2C1=O.COC(=S)Cl. The van der Waals surface area contributed by atoms with Crippen molar-refractivity contribution < 1.29 is 47.9 Å². The first-order valence-electron chi connectivity index (χ1n) is 21.8. The van der Waals surface area contributed by atoms with Crippen LogP contribution in [0.5, 0.6) is 0 Å². The van der Waals surface area contributed by atoms with Crippen molar-refractivity contribution in [3.8, 4) is 0 Å². The van der Waals surface area contributed by atoms with E-state index >= 15 is 0 Å². The van der Waals surface area contributed by atoms with Crippen molar-refractivity contribution in [3.63, 3.8) is 0 Å². The van der Waals surface area contributed by atoms with Crippen molar-refractivity contribution in [3.05, 3.63) is 80.3 Å². The van der Waals surface area contributed by atoms with Crippen LogP contribution in [-0.4, -0.2) is 79.6 Å². The van der Waals surface area contributed by atoms with E-state index in [1.54, 1.807) is 0 Å². The summed E-state index contributed by atoms with van der Waals surface area (Å²) in [6.45, 7) is 15.2. The zero-order chi connectivity index (χ0) is 44.1. The molecule has 6 aliphatic rings. The molecule has 10 nitrogen and oxygen atoms in total. The van der Waals surface area contributed by atoms with Crippen LogP contribution in [0.15, 0.2) is 35.8 Å². The van der Waals surface area contributed by atoms with Gasteiger partial charge in [-0.15, -0.1) is 0 Å². The van der Waals surface area contributed by atoms with Crippen molar-refractivity contribution in [2.75, 3.05) is 40.6 Å². The summed E-state index contributed by atoms with van der Waals surface area (Å²) in [5.41, 5.74) is 10.4. The van der Waals surface area contributed by atoms with Gasteiger partial charge in [0.05, 0.1) is 51.8 Å². The summed E-state index contributed by atoms with van der Waals surface area (Å²) in [4.78, 5) is 27.0. The Bertz CT molecular complexity index is 2000. The van der Waals surface area contributed by atoms with Gasteiger partial charge in [0.15, 0.2) is 24.1 Å². The third kappa shape index (κ3) is 9.96. The van der Waals surface area contributed by atoms with Gasteiger partial charge in [0.25, 0.3) is 4.51 Å². The van der Waals surface area contributed by atoms with Gasteiger partial charge in [-0.05, 0) is 122 Å². The Morgan fingerprint density at radius 1 is 0.639 bits per heavy atom. The molecule has 6 atom stereocenters. The quantitative estimate of drug-likeness (QED) is 0.191. The first-order valence-corrected chi connectivity index (χ1v) is 23.0. The van der Waals surface area contributed by atoms with Crippen molar-refractivity contribution in [2.45, 2.75) is 105 Å². The molecule has 1 N–H and O–H groups in total. The highest BCUT2D eigenvalue weighted by Gasteiger charge is 2.53. The highest BCUT2D eigenvalue weighted by atomic mass is 35.5. The van der Waals surface area contributed by atoms with Crippen molar-refractivity contribution in [1.29, 1.82) is 0 Å². The molecule has 61 heavy (non-hydrogen) atoms. The Morgan fingerprint density at radius 3 is 1.38 bits per heavy atom. The average molecular weight is 898 g/mol. The molecule has 0 amide bonds. The number of rotatable bonds is 9. The minimum absolute atomic E-state index is 0.0193. The Morgan fingerprint density at radius 2 is 1.00 bits per heavy atom. The Balaban J connectivity index is 0.000000185. The van der Waals surface area contributed by atoms with E-state index in [1.165, 1.54) is 36.5 Å². The molecule has 332 valence electrons. The zero-order valence-electron chi connectivity index (χ0n) is 36.7. The number of allylic oxidation sites excluding steroid dienone is 4. The van der Waals surface area contributed by atoms with E-state index < -0.39 is 0 Å². The molecule has 2 aromatic rings. The molecule has 0 spiro atoms. The van der Waals surface area contributed by atoms with E-state index in [1.807, 2.05) is 0 Å². The van der Waals surface area contributed by atoms with Gasteiger partial charge in [-0.3, -0.25) is 9.59 Å². The zero-order valence-corrected chi connectivity index (χ0v) is 39.1. The van der Waals surface area contributed by atoms with E-state index in [0.717, 1.165) is 73.6 Å². The number of halogens is 1. The lowest BCUT2D eigenvalue weighted by molar-refractivity contribution is -0.118. The monoisotopic (exact) mass is 896 g/mol. The molecular weight excluding hydrogens is 836 g/mol. The summed E-state index contributed by atoms with van der Waals surface area (Å²) < 4.78 is 38.2. The molecule has 2 aliphatic heterocycles. The molecular formula is C48H61ClO10S2. The summed E-state index contributed by atoms with van der Waals surface area (Å²) in [7, 11) is 2.92. The maximum Gasteiger partial charge on any atom is 0.357 e. The second-order valence-corrected chi connectivity index (χ2v) is 17.9. The molecule has 0 radical (unpaired) electrons. The number of Topliss-reactive ketones (excluding diaryl/α,β-unsaturated/α-hetero) is 2. The van der Waals surface area contributed by atoms with Crippen LogP contribution in [0.3, 0.4) is 0 Å². The van der Waals surface area contributed by atoms with Gasteiger partial charge in [-0.1, -0.05) is 63.1 Å². The number of ketones is 2. The lowest BCUT2D eigenvalue weighted by Crippen LogP contribution is -2.21. The van der Waals surface area contributed by atoms with Crippen molar-refractivity contribution in [1.82, 2.24) is 0 Å². The van der Waals surface area contributed by atoms with Gasteiger partial charge in [-0.2, -0.15) is 0 Å². The van der Waals surface area contributed by atoms with Crippen LogP contribution < -0.4 is 0 Å². The molecule has 2 aromatic carbocycles. The number of fused-ring (bicyclic) bond motifs is 2. The Hall–Kier alpha value is -3.23. The van der Waals surface area contributed by atoms with E-state index in [-0.39, 0.29) is 69.4 Å². The standard InChI is InChI=1S/C24H30O5S.C22H28O4.C2H3ClOS/c1-5-14-9-13(3)10-15(6-2)19(14)20-21(25)17-11-16(23-27-7-8-28-23)12-18(17)22(20)29-24(30)26-4;1-4-13-8-12(3)9-14(5-2)18(13)19-20(23)16-10-15(11-17(16)21(19)24)22-25-6-7-26-22;1-4-2(3)5/h9-10,16-18,23H,5-8,11-12H2,1-4H3;8-9,15-17,22-23H,4-7,10-11H2,1-3H3;1H3. The molecule has 6 unspecified atom stereocenters. The number of methoxy groups -OCH3 is 2. The molecule has 2 heterocycles. The van der Waals surface area contributed by atoms with Gasteiger partial charge in [0, 0.05) is 47.7 Å². The van der Waals surface area contributed by atoms with Crippen LogP contribution in [0.1, 0.15) is 97.9 Å². The number of aryl methyl sites for hydroxylation is 6. The lowest BCUT2D eigenvalue weighted by atomic mass is 9.87. The molecule has 4 fully saturated rings. The third-order valence-electron chi connectivity index (χ3n) is 13.1. The fraction of sp³-hybridized carbons (Fsp3) is 0.583. The second kappa shape index (κ2) is 21.0. The number of hydrogen-bond donors (Lipinski definition) is 1. The van der Waals surface area contributed by atoms with Gasteiger partial charge in [0.2, 0.25) is 0 Å². The number of aliphatic hydroxyl groups is 1. The minimum Gasteiger partial charge on any atom is -0.511 e. The molecule has 2 saturated heterocycles. The fourth-order valence-electron chi connectivity index (χ4n) is 10.5. The lowest BCUT2D eigenvalue weighted by Gasteiger charge is -2.21. The summed E-state index contributed by atoms with van der Waals surface area (Å²) in [5, 5.41) is 11.1. The molecule has 2 saturated carbocycles. The Kier molecular flexibility index (Phi) is 16.2. The first kappa shape index (κ1) is 47.3. The predicted molar refractivity (Wildman–Crippen MR) is 243 cm³/mol. The maximum absolute atomic E-state index is 13.7. The van der Waals surface area contributed by atoms with Gasteiger partial charge < -0.3 is 38.3 Å². The summed E-state index contributed by atoms with van der Waals surface area (Å²) in [6.07, 6.45) is 6.04. The van der Waals surface area contributed by atoms with Crippen LogP contribution in [0.4, 0.5) is 0 Å². The van der Waals surface area contributed by atoms with E-state index in [4.69, 9.17) is 52.2 Å². The largest absolute Gasteiger partial charge is 0.511 e. The highest BCUT2D eigenvalue weighted by Crippen LogP contribution is 2.54. The fourth-order valence-corrected chi connectivity index (χ4v) is 10.5. The summed E-state index contributed by atoms with van der Waals surface area (Å²) in [6, 6.07) is 8.66. The van der Waals surface area contributed by atoms with Gasteiger partial charge >= 0.3 is 5.24 Å². The van der Waals surface area contributed by atoms with Crippen molar-refractivity contribution >= 4 is 68.5 Å². The molecule has 8 rings (SSSR count). The van der Waals surface area contributed by atoms with E-state index in [0.29, 0.717) is 49.1 Å². The molecule has 0 aromatic heterocycles. The number of aliphatic hydroxyl groups excluding tert-OH is 1. The molecule has 13 heteroatoms. The van der Waals surface area contributed by atoms with Crippen LogP contribution in [0.25, 0.3) is 11.1 Å². The number of benzene rings is 2. The number of carbonyl (C=O) groups excluding carboxylic acids is 2. The topological polar surface area (TPSA) is 119 Å². The second-order valence-electron chi connectivity index (χ2n) is 16.7. The van der Waals surface area contributed by atoms with Gasteiger partial charge in [-0.25, -0.2) is 0 Å². The maximum atomic E-state index is 13.7. The first-order chi connectivity index (χ1) is 29.3. The summed E-state index contributed by atoms with van der Waals surface area (Å²) >= 11 is 14.4. The number of hydrogen-bond acceptors (Lipinski definition) is 12. The normalized spacial score (nSPS) is 25.9.